The van der Waals surface area contributed by atoms with Crippen LogP contribution in [0, 0.1) is 0 Å². The predicted molar refractivity (Wildman–Crippen MR) is 97.9 cm³/mol. The van der Waals surface area contributed by atoms with Gasteiger partial charge in [0.25, 0.3) is 0 Å². The van der Waals surface area contributed by atoms with Gasteiger partial charge >= 0.3 is 6.18 Å². The minimum absolute atomic E-state index is 0.000182. The van der Waals surface area contributed by atoms with Gasteiger partial charge in [-0.05, 0) is 36.6 Å². The van der Waals surface area contributed by atoms with Crippen LogP contribution in [0.2, 0.25) is 0 Å². The predicted octanol–water partition coefficient (Wildman–Crippen LogP) is 5.07. The number of halogens is 3. The molecule has 1 amide bonds. The largest absolute Gasteiger partial charge is 0.482 e. The van der Waals surface area contributed by atoms with Crippen LogP contribution >= 0.6 is 0 Å². The summed E-state index contributed by atoms with van der Waals surface area (Å²) < 4.78 is 41.8. The van der Waals surface area contributed by atoms with E-state index in [1.165, 1.54) is 12.1 Å². The molecule has 0 atom stereocenters. The molecule has 0 aliphatic rings. The highest BCUT2D eigenvalue weighted by Gasteiger charge is 2.28. The molecule has 7 heteroatoms. The van der Waals surface area contributed by atoms with Crippen molar-refractivity contribution in [3.63, 3.8) is 0 Å². The molecule has 0 saturated carbocycles. The standard InChI is InChI=1S/C20H19F3N2O2/c21-20(22,23)13-27-18-10-4-3-9-17(18)25-19(26)11-5-6-14-12-24-16-8-2-1-7-15(14)16/h1-4,7-10,12,24H,5-6,11,13H2,(H,25,26). The number of fused-ring (bicyclic) bond motifs is 1. The maximum Gasteiger partial charge on any atom is 0.422 e. The maximum absolute atomic E-state index is 12.3. The van der Waals surface area contributed by atoms with Crippen molar-refractivity contribution in [1.29, 1.82) is 0 Å². The van der Waals surface area contributed by atoms with Crippen molar-refractivity contribution < 1.29 is 22.7 Å². The second-order valence-corrected chi connectivity index (χ2v) is 6.16. The molecule has 2 aromatic carbocycles. The number of hydrogen-bond donors (Lipinski definition) is 2. The molecule has 0 aliphatic heterocycles. The van der Waals surface area contributed by atoms with E-state index in [0.29, 0.717) is 6.42 Å². The van der Waals surface area contributed by atoms with Crippen molar-refractivity contribution in [3.8, 4) is 5.75 Å². The van der Waals surface area contributed by atoms with E-state index >= 15 is 0 Å². The van der Waals surface area contributed by atoms with Gasteiger partial charge in [-0.25, -0.2) is 0 Å². The number of amides is 1. The zero-order chi connectivity index (χ0) is 19.3. The van der Waals surface area contributed by atoms with E-state index in [0.717, 1.165) is 22.9 Å². The molecule has 1 aromatic heterocycles. The zero-order valence-electron chi connectivity index (χ0n) is 14.5. The lowest BCUT2D eigenvalue weighted by atomic mass is 10.1. The van der Waals surface area contributed by atoms with Gasteiger partial charge in [-0.15, -0.1) is 0 Å². The number of nitrogens with one attached hydrogen (secondary N) is 2. The fourth-order valence-corrected chi connectivity index (χ4v) is 2.85. The molecule has 0 fully saturated rings. The average Bonchev–Trinajstić information content (AvgIpc) is 3.04. The summed E-state index contributed by atoms with van der Waals surface area (Å²) in [6.45, 7) is -1.40. The van der Waals surface area contributed by atoms with Gasteiger partial charge in [-0.2, -0.15) is 13.2 Å². The molecule has 0 spiro atoms. The number of H-pyrrole nitrogens is 1. The van der Waals surface area contributed by atoms with Gasteiger partial charge in [0.2, 0.25) is 5.91 Å². The molecule has 0 bridgehead atoms. The molecule has 0 aliphatic carbocycles. The van der Waals surface area contributed by atoms with Gasteiger partial charge in [-0.1, -0.05) is 30.3 Å². The third kappa shape index (κ3) is 5.26. The Morgan fingerprint density at radius 2 is 1.81 bits per heavy atom. The SMILES string of the molecule is O=C(CCCc1c[nH]c2ccccc12)Nc1ccccc1OCC(F)(F)F. The molecular formula is C20H19F3N2O2. The summed E-state index contributed by atoms with van der Waals surface area (Å²) in [4.78, 5) is 15.4. The summed E-state index contributed by atoms with van der Waals surface area (Å²) in [5, 5.41) is 3.75. The van der Waals surface area contributed by atoms with Crippen molar-refractivity contribution in [2.24, 2.45) is 0 Å². The van der Waals surface area contributed by atoms with Crippen LogP contribution in [0.5, 0.6) is 5.75 Å². The lowest BCUT2D eigenvalue weighted by molar-refractivity contribution is -0.153. The van der Waals surface area contributed by atoms with Gasteiger partial charge < -0.3 is 15.0 Å². The topological polar surface area (TPSA) is 54.1 Å². The number of rotatable bonds is 7. The number of carbonyl (C=O) groups excluding carboxylic acids is 1. The van der Waals surface area contributed by atoms with Gasteiger partial charge in [-0.3, -0.25) is 4.79 Å². The highest BCUT2D eigenvalue weighted by atomic mass is 19.4. The number of ether oxygens (including phenoxy) is 1. The first-order chi connectivity index (χ1) is 12.9. The molecule has 0 radical (unpaired) electrons. The summed E-state index contributed by atoms with van der Waals surface area (Å²) in [7, 11) is 0. The van der Waals surface area contributed by atoms with Crippen LogP contribution in [-0.2, 0) is 11.2 Å². The summed E-state index contributed by atoms with van der Waals surface area (Å²) in [6.07, 6.45) is -0.894. The summed E-state index contributed by atoms with van der Waals surface area (Å²) in [5.74, 6) is -0.266. The third-order valence-electron chi connectivity index (χ3n) is 4.08. The van der Waals surface area contributed by atoms with E-state index in [1.54, 1.807) is 12.1 Å². The van der Waals surface area contributed by atoms with Crippen LogP contribution in [-0.4, -0.2) is 23.7 Å². The Morgan fingerprint density at radius 3 is 2.63 bits per heavy atom. The molecule has 1 heterocycles. The minimum Gasteiger partial charge on any atom is -0.482 e. The zero-order valence-corrected chi connectivity index (χ0v) is 14.5. The van der Waals surface area contributed by atoms with Gasteiger partial charge in [0.1, 0.15) is 5.75 Å². The number of alkyl halides is 3. The Labute approximate surface area is 154 Å². The van der Waals surface area contributed by atoms with E-state index in [2.05, 4.69) is 10.3 Å². The minimum atomic E-state index is -4.43. The number of aromatic amines is 1. The van der Waals surface area contributed by atoms with Crippen molar-refractivity contribution in [1.82, 2.24) is 4.98 Å². The number of para-hydroxylation sites is 3. The van der Waals surface area contributed by atoms with E-state index in [9.17, 15) is 18.0 Å². The van der Waals surface area contributed by atoms with E-state index in [4.69, 9.17) is 4.74 Å². The smallest absolute Gasteiger partial charge is 0.422 e. The lowest BCUT2D eigenvalue weighted by Gasteiger charge is -2.13. The Hall–Kier alpha value is -2.96. The number of aromatic nitrogens is 1. The summed E-state index contributed by atoms with van der Waals surface area (Å²) >= 11 is 0. The van der Waals surface area contributed by atoms with Crippen molar-refractivity contribution in [2.45, 2.75) is 25.4 Å². The molecule has 3 aromatic rings. The molecule has 0 saturated heterocycles. The summed E-state index contributed by atoms with van der Waals surface area (Å²) in [6, 6.07) is 14.0. The molecule has 0 unspecified atom stereocenters. The molecule has 4 nitrogen and oxygen atoms in total. The molecular weight excluding hydrogens is 357 g/mol. The monoisotopic (exact) mass is 376 g/mol. The second-order valence-electron chi connectivity index (χ2n) is 6.16. The number of aryl methyl sites for hydroxylation is 1. The molecule has 27 heavy (non-hydrogen) atoms. The fourth-order valence-electron chi connectivity index (χ4n) is 2.85. The highest BCUT2D eigenvalue weighted by Crippen LogP contribution is 2.26. The quantitative estimate of drug-likeness (QED) is 0.605. The van der Waals surface area contributed by atoms with E-state index in [-0.39, 0.29) is 23.8 Å². The number of benzene rings is 2. The van der Waals surface area contributed by atoms with Gasteiger partial charge in [0.05, 0.1) is 5.69 Å². The average molecular weight is 376 g/mol. The first-order valence-electron chi connectivity index (χ1n) is 8.56. The summed E-state index contributed by atoms with van der Waals surface area (Å²) in [5.41, 5.74) is 2.42. The van der Waals surface area contributed by atoms with E-state index in [1.807, 2.05) is 30.5 Å². The highest BCUT2D eigenvalue weighted by molar-refractivity contribution is 5.92. The second kappa shape index (κ2) is 8.16. The van der Waals surface area contributed by atoms with Crippen LogP contribution in [0.1, 0.15) is 18.4 Å². The normalized spacial score (nSPS) is 11.5. The van der Waals surface area contributed by atoms with Crippen LogP contribution in [0.15, 0.2) is 54.7 Å². The number of anilines is 1. The Morgan fingerprint density at radius 1 is 1.07 bits per heavy atom. The van der Waals surface area contributed by atoms with Crippen molar-refractivity contribution in [2.75, 3.05) is 11.9 Å². The Bertz CT molecular complexity index is 919. The van der Waals surface area contributed by atoms with Gasteiger partial charge in [0.15, 0.2) is 6.61 Å². The van der Waals surface area contributed by atoms with Crippen molar-refractivity contribution >= 4 is 22.5 Å². The number of carbonyl (C=O) groups is 1. The van der Waals surface area contributed by atoms with Crippen LogP contribution < -0.4 is 10.1 Å². The first kappa shape index (κ1) is 18.8. The Balaban J connectivity index is 1.54. The van der Waals surface area contributed by atoms with Crippen LogP contribution in [0.3, 0.4) is 0 Å². The first-order valence-corrected chi connectivity index (χ1v) is 8.56. The fraction of sp³-hybridized carbons (Fsp3) is 0.250. The third-order valence-corrected chi connectivity index (χ3v) is 4.08. The lowest BCUT2D eigenvalue weighted by Crippen LogP contribution is -2.20. The van der Waals surface area contributed by atoms with Crippen LogP contribution in [0.25, 0.3) is 10.9 Å². The number of hydrogen-bond acceptors (Lipinski definition) is 2. The molecule has 142 valence electrons. The molecule has 2 N–H and O–H groups in total. The van der Waals surface area contributed by atoms with E-state index < -0.39 is 12.8 Å². The van der Waals surface area contributed by atoms with Crippen LogP contribution in [0.4, 0.5) is 18.9 Å². The Kier molecular flexibility index (Phi) is 5.69. The molecule has 3 rings (SSSR count). The van der Waals surface area contributed by atoms with Gasteiger partial charge in [0, 0.05) is 23.5 Å². The maximum atomic E-state index is 12.3. The van der Waals surface area contributed by atoms with Crippen molar-refractivity contribution in [3.05, 3.63) is 60.3 Å².